The highest BCUT2D eigenvalue weighted by atomic mass is 35.5. The van der Waals surface area contributed by atoms with Gasteiger partial charge in [-0.25, -0.2) is 4.98 Å². The van der Waals surface area contributed by atoms with E-state index in [0.29, 0.717) is 18.1 Å². The highest BCUT2D eigenvalue weighted by molar-refractivity contribution is 7.13. The average Bonchev–Trinajstić information content (AvgIpc) is 3.34. The van der Waals surface area contributed by atoms with Crippen molar-refractivity contribution in [2.24, 2.45) is 0 Å². The largest absolute Gasteiger partial charge is 0.472 e. The molecule has 0 aliphatic carbocycles. The monoisotopic (exact) mass is 387 g/mol. The summed E-state index contributed by atoms with van der Waals surface area (Å²) in [5.41, 5.74) is 2.70. The summed E-state index contributed by atoms with van der Waals surface area (Å²) < 4.78 is 5.10. The Balaban J connectivity index is 1.52. The van der Waals surface area contributed by atoms with Crippen molar-refractivity contribution in [1.82, 2.24) is 15.2 Å². The van der Waals surface area contributed by atoms with Crippen LogP contribution in [0.2, 0.25) is 5.02 Å². The van der Waals surface area contributed by atoms with E-state index < -0.39 is 0 Å². The van der Waals surface area contributed by atoms with Crippen molar-refractivity contribution in [1.29, 1.82) is 0 Å². The second-order valence-corrected chi connectivity index (χ2v) is 7.43. The predicted molar refractivity (Wildman–Crippen MR) is 102 cm³/mol. The third-order valence-electron chi connectivity index (χ3n) is 4.48. The number of benzene rings is 1. The zero-order valence-corrected chi connectivity index (χ0v) is 15.6. The Bertz CT molecular complexity index is 894. The van der Waals surface area contributed by atoms with Gasteiger partial charge in [-0.2, -0.15) is 0 Å². The molecule has 1 aliphatic heterocycles. The number of hydrogen-bond acceptors (Lipinski definition) is 5. The zero-order chi connectivity index (χ0) is 17.9. The lowest BCUT2D eigenvalue weighted by Gasteiger charge is -2.37. The number of hydrogen-bond donors (Lipinski definition) is 1. The molecule has 2 aromatic heterocycles. The number of nitrogens with one attached hydrogen (secondary N) is 1. The van der Waals surface area contributed by atoms with Gasteiger partial charge >= 0.3 is 0 Å². The molecule has 1 amide bonds. The summed E-state index contributed by atoms with van der Waals surface area (Å²) in [5, 5.41) is 6.85. The number of furan rings is 1. The zero-order valence-electron chi connectivity index (χ0n) is 14.0. The predicted octanol–water partition coefficient (Wildman–Crippen LogP) is 3.77. The third-order valence-corrected chi connectivity index (χ3v) is 5.76. The molecular formula is C19H18ClN3O2S. The molecule has 4 rings (SSSR count). The first-order chi connectivity index (χ1) is 12.7. The maximum Gasteiger partial charge on any atom is 0.229 e. The van der Waals surface area contributed by atoms with Gasteiger partial charge < -0.3 is 14.6 Å². The summed E-state index contributed by atoms with van der Waals surface area (Å²) in [6, 6.07) is 9.52. The first kappa shape index (κ1) is 17.3. The Morgan fingerprint density at radius 3 is 3.08 bits per heavy atom. The maximum absolute atomic E-state index is 13.0. The quantitative estimate of drug-likeness (QED) is 0.740. The Morgan fingerprint density at radius 2 is 2.27 bits per heavy atom. The minimum absolute atomic E-state index is 0.0584. The number of piperazine rings is 1. The molecule has 1 N–H and O–H groups in total. The number of amides is 1. The van der Waals surface area contributed by atoms with E-state index >= 15 is 0 Å². The van der Waals surface area contributed by atoms with E-state index in [1.54, 1.807) is 12.5 Å². The van der Waals surface area contributed by atoms with Crippen LogP contribution in [0.25, 0.3) is 10.6 Å². The molecule has 3 aromatic rings. The summed E-state index contributed by atoms with van der Waals surface area (Å²) >= 11 is 7.88. The molecular weight excluding hydrogens is 370 g/mol. The van der Waals surface area contributed by atoms with E-state index in [0.717, 1.165) is 28.4 Å². The standard InChI is InChI=1S/C19H18ClN3O2S/c20-16-4-2-1-3-15(16)17-10-21-6-7-23(17)18(24)9-14-12-26-19(22-14)13-5-8-25-11-13/h1-5,8,11-12,17,21H,6-7,9-10H2. The Morgan fingerprint density at radius 1 is 1.38 bits per heavy atom. The molecule has 5 nitrogen and oxygen atoms in total. The van der Waals surface area contributed by atoms with E-state index in [-0.39, 0.29) is 18.4 Å². The summed E-state index contributed by atoms with van der Waals surface area (Å²) in [6.45, 7) is 2.14. The van der Waals surface area contributed by atoms with Crippen molar-refractivity contribution in [3.63, 3.8) is 0 Å². The molecule has 0 saturated carbocycles. The second-order valence-electron chi connectivity index (χ2n) is 6.16. The van der Waals surface area contributed by atoms with Gasteiger partial charge in [-0.15, -0.1) is 11.3 Å². The molecule has 0 bridgehead atoms. The molecule has 1 atom stereocenters. The van der Waals surface area contributed by atoms with Gasteiger partial charge in [-0.05, 0) is 17.7 Å². The smallest absolute Gasteiger partial charge is 0.229 e. The number of thiazole rings is 1. The normalized spacial score (nSPS) is 17.4. The molecule has 134 valence electrons. The highest BCUT2D eigenvalue weighted by Crippen LogP contribution is 2.29. The Labute approximate surface area is 160 Å². The van der Waals surface area contributed by atoms with Gasteiger partial charge in [0.2, 0.25) is 5.91 Å². The Hall–Kier alpha value is -2.15. The lowest BCUT2D eigenvalue weighted by atomic mass is 10.0. The van der Waals surface area contributed by atoms with Crippen LogP contribution in [-0.2, 0) is 11.2 Å². The van der Waals surface area contributed by atoms with Crippen molar-refractivity contribution in [2.75, 3.05) is 19.6 Å². The second kappa shape index (κ2) is 7.61. The first-order valence-corrected chi connectivity index (χ1v) is 9.70. The van der Waals surface area contributed by atoms with Crippen LogP contribution in [-0.4, -0.2) is 35.4 Å². The Kier molecular flexibility index (Phi) is 5.06. The maximum atomic E-state index is 13.0. The average molecular weight is 388 g/mol. The van der Waals surface area contributed by atoms with E-state index in [2.05, 4.69) is 10.3 Å². The van der Waals surface area contributed by atoms with E-state index in [9.17, 15) is 4.79 Å². The van der Waals surface area contributed by atoms with Crippen molar-refractivity contribution >= 4 is 28.8 Å². The summed E-state index contributed by atoms with van der Waals surface area (Å²) in [4.78, 5) is 19.4. The van der Waals surface area contributed by atoms with E-state index in [4.69, 9.17) is 16.0 Å². The number of carbonyl (C=O) groups is 1. The fourth-order valence-electron chi connectivity index (χ4n) is 3.19. The fourth-order valence-corrected chi connectivity index (χ4v) is 4.26. The molecule has 1 saturated heterocycles. The lowest BCUT2D eigenvalue weighted by Crippen LogP contribution is -2.49. The molecule has 0 radical (unpaired) electrons. The van der Waals surface area contributed by atoms with E-state index in [1.165, 1.54) is 11.3 Å². The number of rotatable bonds is 4. The van der Waals surface area contributed by atoms with Crippen LogP contribution in [0.15, 0.2) is 52.7 Å². The van der Waals surface area contributed by atoms with Gasteiger partial charge in [-0.3, -0.25) is 4.79 Å². The van der Waals surface area contributed by atoms with E-state index in [1.807, 2.05) is 40.6 Å². The number of aromatic nitrogens is 1. The molecule has 26 heavy (non-hydrogen) atoms. The molecule has 1 unspecified atom stereocenters. The van der Waals surface area contributed by atoms with Crippen molar-refractivity contribution in [3.05, 3.63) is 64.5 Å². The van der Waals surface area contributed by atoms with Gasteiger partial charge in [0.25, 0.3) is 0 Å². The van der Waals surface area contributed by atoms with Crippen LogP contribution in [0.4, 0.5) is 0 Å². The molecule has 0 spiro atoms. The molecule has 1 aromatic carbocycles. The molecule has 7 heteroatoms. The van der Waals surface area contributed by atoms with Crippen LogP contribution in [0.5, 0.6) is 0 Å². The lowest BCUT2D eigenvalue weighted by molar-refractivity contribution is -0.133. The first-order valence-electron chi connectivity index (χ1n) is 8.44. The van der Waals surface area contributed by atoms with Crippen LogP contribution in [0.1, 0.15) is 17.3 Å². The fraction of sp³-hybridized carbons (Fsp3) is 0.263. The van der Waals surface area contributed by atoms with Gasteiger partial charge in [0.05, 0.1) is 24.4 Å². The minimum Gasteiger partial charge on any atom is -0.472 e. The van der Waals surface area contributed by atoms with Gasteiger partial charge in [-0.1, -0.05) is 29.8 Å². The highest BCUT2D eigenvalue weighted by Gasteiger charge is 2.29. The summed E-state index contributed by atoms with van der Waals surface area (Å²) in [5.74, 6) is 0.0699. The number of nitrogens with zero attached hydrogens (tertiary/aromatic N) is 2. The molecule has 1 aliphatic rings. The van der Waals surface area contributed by atoms with Crippen LogP contribution in [0, 0.1) is 0 Å². The molecule has 3 heterocycles. The SMILES string of the molecule is O=C(Cc1csc(-c2ccoc2)n1)N1CCNCC1c1ccccc1Cl. The van der Waals surface area contributed by atoms with Crippen LogP contribution in [0.3, 0.4) is 0 Å². The number of halogens is 1. The summed E-state index contributed by atoms with van der Waals surface area (Å²) in [6.07, 6.45) is 3.57. The van der Waals surface area contributed by atoms with Gasteiger partial charge in [0, 0.05) is 35.6 Å². The van der Waals surface area contributed by atoms with Crippen molar-refractivity contribution in [2.45, 2.75) is 12.5 Å². The van der Waals surface area contributed by atoms with Crippen molar-refractivity contribution in [3.8, 4) is 10.6 Å². The summed E-state index contributed by atoms with van der Waals surface area (Å²) in [7, 11) is 0. The van der Waals surface area contributed by atoms with Gasteiger partial charge in [0.1, 0.15) is 11.3 Å². The van der Waals surface area contributed by atoms with Crippen molar-refractivity contribution < 1.29 is 9.21 Å². The van der Waals surface area contributed by atoms with Gasteiger partial charge in [0.15, 0.2) is 0 Å². The minimum atomic E-state index is -0.0584. The molecule has 1 fully saturated rings. The third kappa shape index (κ3) is 3.53. The van der Waals surface area contributed by atoms with Crippen LogP contribution < -0.4 is 5.32 Å². The topological polar surface area (TPSA) is 58.4 Å². The van der Waals surface area contributed by atoms with Crippen LogP contribution >= 0.6 is 22.9 Å². The number of carbonyl (C=O) groups excluding carboxylic acids is 1.